The highest BCUT2D eigenvalue weighted by Gasteiger charge is 2.18. The summed E-state index contributed by atoms with van der Waals surface area (Å²) in [6, 6.07) is -0.627. The molecule has 0 rings (SSSR count). The molecule has 0 bridgehead atoms. The number of allylic oxidation sites excluding steroid dienone is 3. The maximum atomic E-state index is 12.5. The molecule has 0 radical (unpaired) electrons. The number of rotatable bonds is 68. The summed E-state index contributed by atoms with van der Waals surface area (Å²) in [5.74, 6) is -0.0436. The summed E-state index contributed by atoms with van der Waals surface area (Å²) < 4.78 is 5.49. The number of hydrogen-bond donors (Lipinski definition) is 3. The number of carbonyl (C=O) groups excluding carboxylic acids is 2. The number of ether oxygens (including phenoxy) is 1. The van der Waals surface area contributed by atoms with E-state index >= 15 is 0 Å². The number of hydrogen-bond acceptors (Lipinski definition) is 5. The van der Waals surface area contributed by atoms with Crippen molar-refractivity contribution < 1.29 is 24.5 Å². The number of unbranched alkanes of at least 4 members (excludes halogenated alkanes) is 55. The van der Waals surface area contributed by atoms with E-state index in [2.05, 4.69) is 31.3 Å². The molecule has 0 aromatic heterocycles. The van der Waals surface area contributed by atoms with Crippen molar-refractivity contribution >= 4 is 11.9 Å². The van der Waals surface area contributed by atoms with Gasteiger partial charge in [-0.3, -0.25) is 9.59 Å². The van der Waals surface area contributed by atoms with Crippen LogP contribution in [0.5, 0.6) is 0 Å². The molecule has 79 heavy (non-hydrogen) atoms. The van der Waals surface area contributed by atoms with Crippen LogP contribution in [0.4, 0.5) is 0 Å². The second-order valence-corrected chi connectivity index (χ2v) is 24.9. The summed E-state index contributed by atoms with van der Waals surface area (Å²) in [6.45, 7) is 4.95. The fourth-order valence-corrected chi connectivity index (χ4v) is 11.5. The van der Waals surface area contributed by atoms with Gasteiger partial charge in [-0.15, -0.1) is 0 Å². The van der Waals surface area contributed by atoms with E-state index in [1.165, 1.54) is 340 Å². The van der Waals surface area contributed by atoms with Gasteiger partial charge in [-0.25, -0.2) is 0 Å². The van der Waals surface area contributed by atoms with Crippen molar-refractivity contribution in [3.05, 3.63) is 24.3 Å². The van der Waals surface area contributed by atoms with Gasteiger partial charge in [0, 0.05) is 12.8 Å². The van der Waals surface area contributed by atoms with Crippen LogP contribution in [0.15, 0.2) is 24.3 Å². The molecule has 0 fully saturated rings. The third-order valence-corrected chi connectivity index (χ3v) is 17.0. The van der Waals surface area contributed by atoms with E-state index in [4.69, 9.17) is 4.74 Å². The molecular weight excluding hydrogens is 971 g/mol. The first-order chi connectivity index (χ1) is 39.0. The molecule has 1 amide bonds. The van der Waals surface area contributed by atoms with E-state index in [0.29, 0.717) is 19.4 Å². The van der Waals surface area contributed by atoms with Crippen molar-refractivity contribution in [3.8, 4) is 0 Å². The van der Waals surface area contributed by atoms with E-state index in [1.807, 2.05) is 6.08 Å². The smallest absolute Gasteiger partial charge is 0.305 e. The van der Waals surface area contributed by atoms with Gasteiger partial charge in [0.1, 0.15) is 0 Å². The molecule has 0 saturated heterocycles. The van der Waals surface area contributed by atoms with Crippen molar-refractivity contribution in [2.24, 2.45) is 0 Å². The van der Waals surface area contributed by atoms with E-state index in [-0.39, 0.29) is 18.5 Å². The molecule has 3 N–H and O–H groups in total. The Hall–Kier alpha value is -1.66. The predicted molar refractivity (Wildman–Crippen MR) is 347 cm³/mol. The van der Waals surface area contributed by atoms with Crippen molar-refractivity contribution in [1.29, 1.82) is 0 Å². The second kappa shape index (κ2) is 68.8. The predicted octanol–water partition coefficient (Wildman–Crippen LogP) is 23.3. The zero-order chi connectivity index (χ0) is 57.1. The zero-order valence-electron chi connectivity index (χ0n) is 53.6. The van der Waals surface area contributed by atoms with Crippen molar-refractivity contribution in [2.45, 2.75) is 418 Å². The van der Waals surface area contributed by atoms with Gasteiger partial charge in [-0.05, 0) is 57.8 Å². The monoisotopic (exact) mass is 1110 g/mol. The lowest BCUT2D eigenvalue weighted by Crippen LogP contribution is -2.45. The van der Waals surface area contributed by atoms with Crippen molar-refractivity contribution in [2.75, 3.05) is 13.2 Å². The van der Waals surface area contributed by atoms with Crippen LogP contribution in [0, 0.1) is 0 Å². The number of amides is 1. The van der Waals surface area contributed by atoms with E-state index in [1.54, 1.807) is 6.08 Å². The Balaban J connectivity index is 3.38. The van der Waals surface area contributed by atoms with Gasteiger partial charge < -0.3 is 20.3 Å². The summed E-state index contributed by atoms with van der Waals surface area (Å²) in [5, 5.41) is 23.2. The largest absolute Gasteiger partial charge is 0.466 e. The Morgan fingerprint density at radius 2 is 0.595 bits per heavy atom. The molecule has 0 aromatic rings. The maximum absolute atomic E-state index is 12.5. The summed E-state index contributed by atoms with van der Waals surface area (Å²) in [6.07, 6.45) is 86.9. The first kappa shape index (κ1) is 77.3. The minimum Gasteiger partial charge on any atom is -0.466 e. The average Bonchev–Trinajstić information content (AvgIpc) is 3.45. The zero-order valence-corrected chi connectivity index (χ0v) is 53.6. The lowest BCUT2D eigenvalue weighted by atomic mass is 10.0. The molecule has 0 saturated carbocycles. The molecule has 0 aromatic carbocycles. The summed E-state index contributed by atoms with van der Waals surface area (Å²) >= 11 is 0. The highest BCUT2D eigenvalue weighted by molar-refractivity contribution is 5.76. The molecule has 0 heterocycles. The van der Waals surface area contributed by atoms with Gasteiger partial charge in [0.2, 0.25) is 5.91 Å². The maximum Gasteiger partial charge on any atom is 0.305 e. The second-order valence-electron chi connectivity index (χ2n) is 24.9. The van der Waals surface area contributed by atoms with Crippen LogP contribution in [0.2, 0.25) is 0 Å². The van der Waals surface area contributed by atoms with Gasteiger partial charge in [-0.2, -0.15) is 0 Å². The lowest BCUT2D eigenvalue weighted by Gasteiger charge is -2.20. The molecule has 2 unspecified atom stereocenters. The topological polar surface area (TPSA) is 95.9 Å². The molecule has 6 heteroatoms. The molecule has 2 atom stereocenters. The summed E-state index contributed by atoms with van der Waals surface area (Å²) in [4.78, 5) is 24.6. The first-order valence-corrected chi connectivity index (χ1v) is 36.1. The normalized spacial score (nSPS) is 12.6. The standard InChI is InChI=1S/C73H141NO5/c1-3-5-7-9-11-13-15-17-18-19-32-35-38-42-45-49-53-57-61-65-71(76)70(69-75)74-72(77)66-62-58-54-50-46-43-39-36-33-30-28-26-24-22-20-21-23-25-27-29-31-34-37-40-44-48-52-56-60-64-68-79-73(78)67-63-59-55-51-47-41-16-14-12-10-8-6-4-2/h21,23,61,65,70-71,75-76H,3-20,22,24-60,62-64,66-69H2,1-2H3,(H,74,77)/b23-21-,65-61+. The fraction of sp³-hybridized carbons (Fsp3) is 0.918. The quantitative estimate of drug-likeness (QED) is 0.0320. The minimum atomic E-state index is -0.844. The van der Waals surface area contributed by atoms with E-state index < -0.39 is 12.1 Å². The van der Waals surface area contributed by atoms with Crippen LogP contribution in [0.3, 0.4) is 0 Å². The Labute approximate surface area is 494 Å². The van der Waals surface area contributed by atoms with Gasteiger partial charge in [0.05, 0.1) is 25.4 Å². The van der Waals surface area contributed by atoms with Crippen LogP contribution in [-0.4, -0.2) is 47.4 Å². The number of aliphatic hydroxyl groups excluding tert-OH is 2. The van der Waals surface area contributed by atoms with Gasteiger partial charge >= 0.3 is 5.97 Å². The number of aliphatic hydroxyl groups is 2. The fourth-order valence-electron chi connectivity index (χ4n) is 11.5. The van der Waals surface area contributed by atoms with Gasteiger partial charge in [0.15, 0.2) is 0 Å². The van der Waals surface area contributed by atoms with Crippen molar-refractivity contribution in [3.63, 3.8) is 0 Å². The Kier molecular flexibility index (Phi) is 67.4. The molecular formula is C73H141NO5. The lowest BCUT2D eigenvalue weighted by molar-refractivity contribution is -0.143. The Morgan fingerprint density at radius 3 is 0.899 bits per heavy atom. The third-order valence-electron chi connectivity index (χ3n) is 17.0. The average molecular weight is 1110 g/mol. The van der Waals surface area contributed by atoms with Crippen LogP contribution >= 0.6 is 0 Å². The molecule has 468 valence electrons. The summed E-state index contributed by atoms with van der Waals surface area (Å²) in [5.41, 5.74) is 0. The highest BCUT2D eigenvalue weighted by atomic mass is 16.5. The van der Waals surface area contributed by atoms with E-state index in [9.17, 15) is 19.8 Å². The Bertz CT molecular complexity index is 1230. The van der Waals surface area contributed by atoms with Crippen LogP contribution < -0.4 is 5.32 Å². The molecule has 6 nitrogen and oxygen atoms in total. The number of nitrogens with one attached hydrogen (secondary N) is 1. The van der Waals surface area contributed by atoms with Crippen LogP contribution in [0.1, 0.15) is 406 Å². The molecule has 0 aliphatic rings. The highest BCUT2D eigenvalue weighted by Crippen LogP contribution is 2.19. The molecule has 0 aliphatic carbocycles. The van der Waals surface area contributed by atoms with E-state index in [0.717, 1.165) is 38.5 Å². The third kappa shape index (κ3) is 65.4. The van der Waals surface area contributed by atoms with Crippen molar-refractivity contribution in [1.82, 2.24) is 5.32 Å². The minimum absolute atomic E-state index is 0.0190. The molecule has 0 spiro atoms. The first-order valence-electron chi connectivity index (χ1n) is 36.1. The van der Waals surface area contributed by atoms with Gasteiger partial charge in [0.25, 0.3) is 0 Å². The van der Waals surface area contributed by atoms with Gasteiger partial charge in [-0.1, -0.05) is 359 Å². The van der Waals surface area contributed by atoms with Crippen LogP contribution in [0.25, 0.3) is 0 Å². The SMILES string of the molecule is CCCCCCCCCCCCCCCCCCC/C=C/C(O)C(CO)NC(=O)CCCCCCCCCCCCCCCC/C=C\CCCCCCCCCCCCCCOC(=O)CCCCCCCCCCCCCCC. The Morgan fingerprint density at radius 1 is 0.342 bits per heavy atom. The molecule has 0 aliphatic heterocycles. The van der Waals surface area contributed by atoms with Crippen LogP contribution in [-0.2, 0) is 14.3 Å². The number of esters is 1. The number of carbonyl (C=O) groups is 2. The summed E-state index contributed by atoms with van der Waals surface area (Å²) in [7, 11) is 0.